The fourth-order valence-corrected chi connectivity index (χ4v) is 3.06. The lowest BCUT2D eigenvalue weighted by molar-refractivity contribution is -0.119. The molecule has 0 fully saturated rings. The van der Waals surface area contributed by atoms with Crippen LogP contribution in [0.1, 0.15) is 16.7 Å². The van der Waals surface area contributed by atoms with E-state index in [4.69, 9.17) is 5.26 Å². The molecular formula is C17H13BrN2O. The number of hydrogen-bond acceptors (Lipinski definition) is 2. The first-order valence-electron chi connectivity index (χ1n) is 6.74. The molecule has 0 atom stereocenters. The van der Waals surface area contributed by atoms with Gasteiger partial charge in [0.1, 0.15) is 6.07 Å². The Kier molecular flexibility index (Phi) is 3.76. The quantitative estimate of drug-likeness (QED) is 0.906. The van der Waals surface area contributed by atoms with Crippen LogP contribution in [0.25, 0.3) is 0 Å². The zero-order valence-electron chi connectivity index (χ0n) is 11.3. The molecule has 3 rings (SSSR count). The molecule has 3 nitrogen and oxygen atoms in total. The van der Waals surface area contributed by atoms with Crippen LogP contribution in [0.3, 0.4) is 0 Å². The number of amides is 1. The highest BCUT2D eigenvalue weighted by molar-refractivity contribution is 9.10. The topological polar surface area (TPSA) is 52.9 Å². The van der Waals surface area contributed by atoms with Crippen LogP contribution in [0.2, 0.25) is 0 Å². The molecule has 1 amide bonds. The second-order valence-electron chi connectivity index (χ2n) is 5.16. The fraction of sp³-hybridized carbons (Fsp3) is 0.176. The number of nitrogens with zero attached hydrogens (tertiary/aromatic N) is 1. The van der Waals surface area contributed by atoms with Gasteiger partial charge in [-0.25, -0.2) is 0 Å². The van der Waals surface area contributed by atoms with Crippen molar-refractivity contribution >= 4 is 27.5 Å². The summed E-state index contributed by atoms with van der Waals surface area (Å²) in [6.07, 6.45) is 1.52. The molecule has 0 radical (unpaired) electrons. The molecule has 0 spiro atoms. The minimum Gasteiger partial charge on any atom is -0.325 e. The average molecular weight is 341 g/mol. The van der Waals surface area contributed by atoms with Crippen molar-refractivity contribution in [2.45, 2.75) is 12.8 Å². The molecule has 0 heterocycles. The van der Waals surface area contributed by atoms with Crippen molar-refractivity contribution in [3.8, 4) is 6.07 Å². The summed E-state index contributed by atoms with van der Waals surface area (Å²) >= 11 is 3.36. The van der Waals surface area contributed by atoms with Gasteiger partial charge in [-0.1, -0.05) is 40.2 Å². The zero-order chi connectivity index (χ0) is 14.8. The second-order valence-corrected chi connectivity index (χ2v) is 6.08. The molecule has 0 saturated carbocycles. The van der Waals surface area contributed by atoms with Crippen molar-refractivity contribution in [2.75, 3.05) is 5.32 Å². The first kappa shape index (κ1) is 13.8. The molecule has 2 aromatic rings. The third-order valence-electron chi connectivity index (χ3n) is 3.78. The molecular weight excluding hydrogens is 328 g/mol. The Morgan fingerprint density at radius 1 is 1.19 bits per heavy atom. The van der Waals surface area contributed by atoms with E-state index in [-0.39, 0.29) is 11.8 Å². The van der Waals surface area contributed by atoms with E-state index in [1.165, 1.54) is 11.1 Å². The normalized spacial score (nSPS) is 13.5. The molecule has 1 aliphatic rings. The molecule has 0 aliphatic heterocycles. The average Bonchev–Trinajstić information content (AvgIpc) is 2.91. The third kappa shape index (κ3) is 2.84. The summed E-state index contributed by atoms with van der Waals surface area (Å²) in [5, 5.41) is 12.0. The van der Waals surface area contributed by atoms with Crippen LogP contribution in [0, 0.1) is 17.2 Å². The molecule has 1 N–H and O–H groups in total. The number of nitrogens with one attached hydrogen (secondary N) is 1. The maximum Gasteiger partial charge on any atom is 0.228 e. The fourth-order valence-electron chi connectivity index (χ4n) is 2.70. The number of nitriles is 1. The summed E-state index contributed by atoms with van der Waals surface area (Å²) in [4.78, 5) is 12.4. The predicted molar refractivity (Wildman–Crippen MR) is 84.8 cm³/mol. The standard InChI is InChI=1S/C17H13BrN2O/c18-15-6-5-13(10-19)16(9-15)20-17(21)14-7-11-3-1-2-4-12(11)8-14/h1-6,9,14H,7-8H2,(H,20,21). The molecule has 0 bridgehead atoms. The summed E-state index contributed by atoms with van der Waals surface area (Å²) in [6.45, 7) is 0. The maximum atomic E-state index is 12.4. The van der Waals surface area contributed by atoms with Crippen LogP contribution < -0.4 is 5.32 Å². The Morgan fingerprint density at radius 3 is 2.48 bits per heavy atom. The lowest BCUT2D eigenvalue weighted by Gasteiger charge is -2.12. The van der Waals surface area contributed by atoms with Gasteiger partial charge in [-0.2, -0.15) is 5.26 Å². The molecule has 0 saturated heterocycles. The smallest absolute Gasteiger partial charge is 0.228 e. The largest absolute Gasteiger partial charge is 0.325 e. The van der Waals surface area contributed by atoms with Crippen molar-refractivity contribution in [3.05, 3.63) is 63.6 Å². The van der Waals surface area contributed by atoms with Crippen molar-refractivity contribution in [1.82, 2.24) is 0 Å². The van der Waals surface area contributed by atoms with E-state index in [0.717, 1.165) is 17.3 Å². The van der Waals surface area contributed by atoms with Gasteiger partial charge in [-0.15, -0.1) is 0 Å². The van der Waals surface area contributed by atoms with Crippen LogP contribution in [0.4, 0.5) is 5.69 Å². The highest BCUT2D eigenvalue weighted by atomic mass is 79.9. The molecule has 0 unspecified atom stereocenters. The third-order valence-corrected chi connectivity index (χ3v) is 4.27. The van der Waals surface area contributed by atoms with Crippen LogP contribution in [0.5, 0.6) is 0 Å². The second kappa shape index (κ2) is 5.71. The highest BCUT2D eigenvalue weighted by Gasteiger charge is 2.27. The minimum atomic E-state index is -0.0621. The number of rotatable bonds is 2. The molecule has 21 heavy (non-hydrogen) atoms. The van der Waals surface area contributed by atoms with Crippen molar-refractivity contribution in [1.29, 1.82) is 5.26 Å². The van der Waals surface area contributed by atoms with Crippen molar-refractivity contribution in [3.63, 3.8) is 0 Å². The van der Waals surface area contributed by atoms with Gasteiger partial charge < -0.3 is 5.32 Å². The zero-order valence-corrected chi connectivity index (χ0v) is 12.9. The maximum absolute atomic E-state index is 12.4. The summed E-state index contributed by atoms with van der Waals surface area (Å²) in [5.41, 5.74) is 3.52. The van der Waals surface area contributed by atoms with E-state index < -0.39 is 0 Å². The number of carbonyl (C=O) groups excluding carboxylic acids is 1. The summed E-state index contributed by atoms with van der Waals surface area (Å²) in [7, 11) is 0. The van der Waals surface area contributed by atoms with Gasteiger partial charge in [0.25, 0.3) is 0 Å². The number of fused-ring (bicyclic) bond motifs is 1. The van der Waals surface area contributed by atoms with Gasteiger partial charge >= 0.3 is 0 Å². The first-order chi connectivity index (χ1) is 10.2. The number of halogens is 1. The summed E-state index contributed by atoms with van der Waals surface area (Å²) in [6, 6.07) is 15.5. The van der Waals surface area contributed by atoms with Gasteiger partial charge in [0.05, 0.1) is 11.3 Å². The Hall–Kier alpha value is -2.12. The summed E-state index contributed by atoms with van der Waals surface area (Å²) in [5.74, 6) is -0.0891. The first-order valence-corrected chi connectivity index (χ1v) is 7.54. The van der Waals surface area contributed by atoms with Crippen molar-refractivity contribution in [2.24, 2.45) is 5.92 Å². The molecule has 1 aliphatic carbocycles. The van der Waals surface area contributed by atoms with Gasteiger partial charge in [-0.3, -0.25) is 4.79 Å². The highest BCUT2D eigenvalue weighted by Crippen LogP contribution is 2.28. The van der Waals surface area contributed by atoms with Crippen LogP contribution in [0.15, 0.2) is 46.9 Å². The predicted octanol–water partition coefficient (Wildman–Crippen LogP) is 3.67. The van der Waals surface area contributed by atoms with Crippen LogP contribution in [-0.2, 0) is 17.6 Å². The van der Waals surface area contributed by atoms with E-state index in [2.05, 4.69) is 39.4 Å². The van der Waals surface area contributed by atoms with Gasteiger partial charge in [-0.05, 0) is 42.2 Å². The van der Waals surface area contributed by atoms with Crippen LogP contribution >= 0.6 is 15.9 Å². The molecule has 2 aromatic carbocycles. The van der Waals surface area contributed by atoms with E-state index in [0.29, 0.717) is 11.3 Å². The van der Waals surface area contributed by atoms with Gasteiger partial charge in [0, 0.05) is 10.4 Å². The van der Waals surface area contributed by atoms with E-state index in [9.17, 15) is 4.79 Å². The Labute approximate surface area is 131 Å². The summed E-state index contributed by atoms with van der Waals surface area (Å²) < 4.78 is 0.839. The molecule has 0 aromatic heterocycles. The number of hydrogen-bond donors (Lipinski definition) is 1. The van der Waals surface area contributed by atoms with Gasteiger partial charge in [0.2, 0.25) is 5.91 Å². The van der Waals surface area contributed by atoms with Gasteiger partial charge in [0.15, 0.2) is 0 Å². The van der Waals surface area contributed by atoms with E-state index in [1.807, 2.05) is 12.1 Å². The van der Waals surface area contributed by atoms with Crippen molar-refractivity contribution < 1.29 is 4.79 Å². The minimum absolute atomic E-state index is 0.0270. The van der Waals surface area contributed by atoms with E-state index in [1.54, 1.807) is 18.2 Å². The Bertz CT molecular complexity index is 724. The Morgan fingerprint density at radius 2 is 1.86 bits per heavy atom. The number of carbonyl (C=O) groups is 1. The Balaban J connectivity index is 1.77. The molecule has 4 heteroatoms. The monoisotopic (exact) mass is 340 g/mol. The lowest BCUT2D eigenvalue weighted by atomic mass is 10.1. The lowest BCUT2D eigenvalue weighted by Crippen LogP contribution is -2.23. The SMILES string of the molecule is N#Cc1ccc(Br)cc1NC(=O)C1Cc2ccccc2C1. The molecule has 104 valence electrons. The number of benzene rings is 2. The van der Waals surface area contributed by atoms with Crippen LogP contribution in [-0.4, -0.2) is 5.91 Å². The number of anilines is 1. The van der Waals surface area contributed by atoms with E-state index >= 15 is 0 Å².